The van der Waals surface area contributed by atoms with Gasteiger partial charge in [-0.1, -0.05) is 31.4 Å². The first-order chi connectivity index (χ1) is 10.2. The van der Waals surface area contributed by atoms with Crippen molar-refractivity contribution < 1.29 is 8.78 Å². The van der Waals surface area contributed by atoms with E-state index in [0.717, 1.165) is 12.0 Å². The summed E-state index contributed by atoms with van der Waals surface area (Å²) in [6.07, 6.45) is 6.57. The molecule has 1 fully saturated rings. The highest BCUT2D eigenvalue weighted by molar-refractivity contribution is 5.79. The Balaban J connectivity index is 1.79. The van der Waals surface area contributed by atoms with Gasteiger partial charge in [-0.25, -0.2) is 8.78 Å². The minimum absolute atomic E-state index is 0.385. The van der Waals surface area contributed by atoms with Crippen LogP contribution in [0.15, 0.2) is 23.2 Å². The third kappa shape index (κ3) is 4.69. The number of guanidine groups is 1. The molecular weight excluding hydrogens is 272 g/mol. The largest absolute Gasteiger partial charge is 0.356 e. The molecule has 0 atom stereocenters. The predicted molar refractivity (Wildman–Crippen MR) is 81.4 cm³/mol. The predicted octanol–water partition coefficient (Wildman–Crippen LogP) is 3.01. The van der Waals surface area contributed by atoms with E-state index in [1.807, 2.05) is 0 Å². The molecule has 21 heavy (non-hydrogen) atoms. The Bertz CT molecular complexity index is 482. The molecule has 0 bridgehead atoms. The third-order valence-electron chi connectivity index (χ3n) is 3.89. The smallest absolute Gasteiger partial charge is 0.191 e. The summed E-state index contributed by atoms with van der Waals surface area (Å²) in [5, 5.41) is 6.55. The van der Waals surface area contributed by atoms with Gasteiger partial charge in [0, 0.05) is 19.6 Å². The highest BCUT2D eigenvalue weighted by Crippen LogP contribution is 2.17. The molecule has 0 radical (unpaired) electrons. The van der Waals surface area contributed by atoms with E-state index in [2.05, 4.69) is 15.6 Å². The molecule has 2 N–H and O–H groups in total. The van der Waals surface area contributed by atoms with Crippen molar-refractivity contribution in [3.63, 3.8) is 0 Å². The zero-order valence-corrected chi connectivity index (χ0v) is 12.5. The van der Waals surface area contributed by atoms with Crippen LogP contribution in [0, 0.1) is 11.6 Å². The summed E-state index contributed by atoms with van der Waals surface area (Å²) in [5.41, 5.74) is 0.385. The Morgan fingerprint density at radius 2 is 2.00 bits per heavy atom. The Morgan fingerprint density at radius 3 is 2.71 bits per heavy atom. The molecule has 3 nitrogen and oxygen atoms in total. The van der Waals surface area contributed by atoms with Crippen LogP contribution < -0.4 is 10.6 Å². The quantitative estimate of drug-likeness (QED) is 0.662. The first-order valence-electron chi connectivity index (χ1n) is 7.61. The lowest BCUT2D eigenvalue weighted by molar-refractivity contribution is 0.410. The zero-order chi connectivity index (χ0) is 15.1. The minimum atomic E-state index is -0.794. The molecule has 0 heterocycles. The fraction of sp³-hybridized carbons (Fsp3) is 0.562. The average Bonchev–Trinajstić information content (AvgIpc) is 2.51. The van der Waals surface area contributed by atoms with Gasteiger partial charge in [-0.15, -0.1) is 0 Å². The van der Waals surface area contributed by atoms with E-state index in [1.54, 1.807) is 13.1 Å². The molecule has 1 aromatic carbocycles. The first-order valence-corrected chi connectivity index (χ1v) is 7.61. The Kier molecular flexibility index (Phi) is 5.96. The molecule has 0 aromatic heterocycles. The molecule has 0 spiro atoms. The van der Waals surface area contributed by atoms with Crippen LogP contribution >= 0.6 is 0 Å². The van der Waals surface area contributed by atoms with Crippen molar-refractivity contribution in [1.82, 2.24) is 10.6 Å². The third-order valence-corrected chi connectivity index (χ3v) is 3.89. The molecule has 1 aliphatic rings. The fourth-order valence-corrected chi connectivity index (χ4v) is 2.69. The van der Waals surface area contributed by atoms with Crippen molar-refractivity contribution in [2.75, 3.05) is 13.6 Å². The second kappa shape index (κ2) is 7.96. The highest BCUT2D eigenvalue weighted by Gasteiger charge is 2.14. The van der Waals surface area contributed by atoms with E-state index in [4.69, 9.17) is 0 Å². The van der Waals surface area contributed by atoms with Gasteiger partial charge in [0.2, 0.25) is 0 Å². The summed E-state index contributed by atoms with van der Waals surface area (Å²) in [4.78, 5) is 4.18. The van der Waals surface area contributed by atoms with Crippen LogP contribution in [0.3, 0.4) is 0 Å². The summed E-state index contributed by atoms with van der Waals surface area (Å²) in [7, 11) is 1.72. The molecule has 0 unspecified atom stereocenters. The second-order valence-electron chi connectivity index (χ2n) is 5.44. The number of halogens is 2. The van der Waals surface area contributed by atoms with E-state index in [1.165, 1.54) is 38.2 Å². The minimum Gasteiger partial charge on any atom is -0.356 e. The van der Waals surface area contributed by atoms with Crippen molar-refractivity contribution in [1.29, 1.82) is 0 Å². The van der Waals surface area contributed by atoms with Gasteiger partial charge in [0.1, 0.15) is 0 Å². The summed E-state index contributed by atoms with van der Waals surface area (Å²) in [6.45, 7) is 0.521. The van der Waals surface area contributed by atoms with Gasteiger partial charge in [-0.05, 0) is 30.9 Å². The van der Waals surface area contributed by atoms with Gasteiger partial charge >= 0.3 is 0 Å². The van der Waals surface area contributed by atoms with E-state index in [0.29, 0.717) is 24.6 Å². The van der Waals surface area contributed by atoms with Crippen molar-refractivity contribution in [2.24, 2.45) is 4.99 Å². The number of nitrogens with zero attached hydrogens (tertiary/aromatic N) is 1. The van der Waals surface area contributed by atoms with Gasteiger partial charge < -0.3 is 10.6 Å². The maximum atomic E-state index is 13.5. The van der Waals surface area contributed by atoms with Gasteiger partial charge in [-0.2, -0.15) is 0 Å². The van der Waals surface area contributed by atoms with Crippen LogP contribution in [-0.4, -0.2) is 25.6 Å². The van der Waals surface area contributed by atoms with E-state index in [9.17, 15) is 8.78 Å². The number of benzene rings is 1. The Labute approximate surface area is 124 Å². The summed E-state index contributed by atoms with van der Waals surface area (Å²) >= 11 is 0. The van der Waals surface area contributed by atoms with E-state index >= 15 is 0 Å². The molecule has 0 saturated heterocycles. The molecule has 0 aliphatic heterocycles. The van der Waals surface area contributed by atoms with Gasteiger partial charge in [-0.3, -0.25) is 4.99 Å². The van der Waals surface area contributed by atoms with Crippen molar-refractivity contribution in [3.05, 3.63) is 35.4 Å². The lowest BCUT2D eigenvalue weighted by Gasteiger charge is -2.24. The maximum absolute atomic E-state index is 13.5. The maximum Gasteiger partial charge on any atom is 0.191 e. The second-order valence-corrected chi connectivity index (χ2v) is 5.44. The van der Waals surface area contributed by atoms with Crippen LogP contribution in [0.25, 0.3) is 0 Å². The fourth-order valence-electron chi connectivity index (χ4n) is 2.69. The molecule has 116 valence electrons. The molecule has 2 rings (SSSR count). The average molecular weight is 295 g/mol. The normalized spacial score (nSPS) is 16.8. The highest BCUT2D eigenvalue weighted by atomic mass is 19.2. The number of aliphatic imine (C=N–C) groups is 1. The summed E-state index contributed by atoms with van der Waals surface area (Å²) < 4.78 is 26.6. The van der Waals surface area contributed by atoms with Crippen molar-refractivity contribution in [3.8, 4) is 0 Å². The van der Waals surface area contributed by atoms with Crippen LogP contribution in [0.4, 0.5) is 8.78 Å². The van der Waals surface area contributed by atoms with Crippen LogP contribution in [0.2, 0.25) is 0 Å². The van der Waals surface area contributed by atoms with Crippen LogP contribution in [0.1, 0.15) is 37.7 Å². The SMILES string of the molecule is CN=C(NCCc1cccc(F)c1F)NC1CCCCC1. The molecule has 1 aromatic rings. The number of hydrogen-bond donors (Lipinski definition) is 2. The summed E-state index contributed by atoms with van der Waals surface area (Å²) in [5.74, 6) is -0.814. The number of nitrogens with one attached hydrogen (secondary N) is 2. The van der Waals surface area contributed by atoms with Gasteiger partial charge in [0.15, 0.2) is 17.6 Å². The van der Waals surface area contributed by atoms with Crippen molar-refractivity contribution in [2.45, 2.75) is 44.6 Å². The van der Waals surface area contributed by atoms with Crippen molar-refractivity contribution >= 4 is 5.96 Å². The Hall–Kier alpha value is -1.65. The zero-order valence-electron chi connectivity index (χ0n) is 12.5. The number of hydrogen-bond acceptors (Lipinski definition) is 1. The topological polar surface area (TPSA) is 36.4 Å². The molecular formula is C16H23F2N3. The lowest BCUT2D eigenvalue weighted by atomic mass is 9.96. The number of rotatable bonds is 4. The molecule has 1 aliphatic carbocycles. The first kappa shape index (κ1) is 15.7. The van der Waals surface area contributed by atoms with Gasteiger partial charge in [0.25, 0.3) is 0 Å². The summed E-state index contributed by atoms with van der Waals surface area (Å²) in [6, 6.07) is 4.74. The van der Waals surface area contributed by atoms with E-state index in [-0.39, 0.29) is 0 Å². The lowest BCUT2D eigenvalue weighted by Crippen LogP contribution is -2.44. The molecule has 5 heteroatoms. The standard InChI is InChI=1S/C16H23F2N3/c1-19-16(21-13-7-3-2-4-8-13)20-11-10-12-6-5-9-14(17)15(12)18/h5-6,9,13H,2-4,7-8,10-11H2,1H3,(H2,19,20,21). The van der Waals surface area contributed by atoms with Crippen LogP contribution in [0.5, 0.6) is 0 Å². The Morgan fingerprint density at radius 1 is 1.24 bits per heavy atom. The van der Waals surface area contributed by atoms with E-state index < -0.39 is 11.6 Å². The van der Waals surface area contributed by atoms with Crippen LogP contribution in [-0.2, 0) is 6.42 Å². The molecule has 1 saturated carbocycles. The molecule has 0 amide bonds. The van der Waals surface area contributed by atoms with Gasteiger partial charge in [0.05, 0.1) is 0 Å². The monoisotopic (exact) mass is 295 g/mol.